The standard InChI is InChI=1S/C12H10ClF2NO5S/c1-21-12(18)7-3-8(14)9(15)4-10(7)16-5-6(2-11(16)17)22(13,19)20/h3-4,6H,2,5H2,1H3. The van der Waals surface area contributed by atoms with E-state index >= 15 is 0 Å². The Morgan fingerprint density at radius 2 is 1.95 bits per heavy atom. The van der Waals surface area contributed by atoms with E-state index in [1.165, 1.54) is 0 Å². The topological polar surface area (TPSA) is 80.8 Å². The van der Waals surface area contributed by atoms with Crippen molar-refractivity contribution >= 4 is 37.3 Å². The van der Waals surface area contributed by atoms with Gasteiger partial charge in [0.25, 0.3) is 0 Å². The average Bonchev–Trinajstić information content (AvgIpc) is 2.82. The number of hydrogen-bond donors (Lipinski definition) is 0. The van der Waals surface area contributed by atoms with Crippen LogP contribution in [0.4, 0.5) is 14.5 Å². The van der Waals surface area contributed by atoms with Gasteiger partial charge in [-0.2, -0.15) is 0 Å². The molecule has 1 aromatic carbocycles. The average molecular weight is 354 g/mol. The maximum Gasteiger partial charge on any atom is 0.340 e. The number of halogens is 3. The molecule has 1 unspecified atom stereocenters. The van der Waals surface area contributed by atoms with Gasteiger partial charge in [-0.15, -0.1) is 0 Å². The smallest absolute Gasteiger partial charge is 0.340 e. The van der Waals surface area contributed by atoms with Gasteiger partial charge in [0, 0.05) is 29.7 Å². The molecular formula is C12H10ClF2NO5S. The second-order valence-electron chi connectivity index (χ2n) is 4.58. The molecule has 1 aliphatic heterocycles. The van der Waals surface area contributed by atoms with Gasteiger partial charge >= 0.3 is 5.97 Å². The number of ether oxygens (including phenoxy) is 1. The molecule has 1 amide bonds. The maximum absolute atomic E-state index is 13.4. The number of hydrogen-bond acceptors (Lipinski definition) is 5. The number of benzene rings is 1. The van der Waals surface area contributed by atoms with Crippen LogP contribution in [-0.2, 0) is 18.6 Å². The summed E-state index contributed by atoms with van der Waals surface area (Å²) < 4.78 is 53.8. The number of rotatable bonds is 3. The third kappa shape index (κ3) is 3.05. The Morgan fingerprint density at radius 1 is 1.36 bits per heavy atom. The minimum Gasteiger partial charge on any atom is -0.465 e. The Morgan fingerprint density at radius 3 is 2.45 bits per heavy atom. The Bertz CT molecular complexity index is 752. The van der Waals surface area contributed by atoms with Crippen LogP contribution in [0.2, 0.25) is 0 Å². The van der Waals surface area contributed by atoms with Crippen LogP contribution in [0.3, 0.4) is 0 Å². The quantitative estimate of drug-likeness (QED) is 0.606. The normalized spacial score (nSPS) is 18.6. The molecule has 1 atom stereocenters. The summed E-state index contributed by atoms with van der Waals surface area (Å²) in [6.45, 7) is -0.361. The SMILES string of the molecule is COC(=O)c1cc(F)c(F)cc1N1CC(S(=O)(=O)Cl)CC1=O. The van der Waals surface area contributed by atoms with Gasteiger partial charge < -0.3 is 9.64 Å². The highest BCUT2D eigenvalue weighted by atomic mass is 35.7. The van der Waals surface area contributed by atoms with Crippen LogP contribution in [0, 0.1) is 11.6 Å². The number of anilines is 1. The number of carbonyl (C=O) groups is 2. The van der Waals surface area contributed by atoms with Crippen molar-refractivity contribution in [3.05, 3.63) is 29.3 Å². The van der Waals surface area contributed by atoms with E-state index in [2.05, 4.69) is 4.74 Å². The van der Waals surface area contributed by atoms with Crippen molar-refractivity contribution in [1.82, 2.24) is 0 Å². The van der Waals surface area contributed by atoms with Gasteiger partial charge in [-0.1, -0.05) is 0 Å². The van der Waals surface area contributed by atoms with Crippen molar-refractivity contribution in [3.8, 4) is 0 Å². The molecule has 1 aliphatic rings. The number of esters is 1. The predicted octanol–water partition coefficient (Wildman–Crippen LogP) is 1.43. The number of methoxy groups -OCH3 is 1. The summed E-state index contributed by atoms with van der Waals surface area (Å²) in [6, 6.07) is 1.23. The minimum absolute atomic E-state index is 0.265. The summed E-state index contributed by atoms with van der Waals surface area (Å²) in [4.78, 5) is 24.4. The fraction of sp³-hybridized carbons (Fsp3) is 0.333. The summed E-state index contributed by atoms with van der Waals surface area (Å²) in [5.74, 6) is -4.24. The zero-order chi connectivity index (χ0) is 16.7. The van der Waals surface area contributed by atoms with Gasteiger partial charge in [-0.3, -0.25) is 4.79 Å². The molecule has 120 valence electrons. The van der Waals surface area contributed by atoms with Crippen molar-refractivity contribution in [3.63, 3.8) is 0 Å². The first kappa shape index (κ1) is 16.6. The van der Waals surface area contributed by atoms with E-state index in [0.29, 0.717) is 12.1 Å². The summed E-state index contributed by atoms with van der Waals surface area (Å²) in [6.07, 6.45) is -0.411. The first-order valence-electron chi connectivity index (χ1n) is 5.96. The lowest BCUT2D eigenvalue weighted by Gasteiger charge is -2.19. The van der Waals surface area contributed by atoms with Gasteiger partial charge in [0.2, 0.25) is 15.0 Å². The first-order valence-corrected chi connectivity index (χ1v) is 8.33. The molecule has 2 rings (SSSR count). The van der Waals surface area contributed by atoms with Crippen LogP contribution < -0.4 is 4.90 Å². The van der Waals surface area contributed by atoms with Crippen LogP contribution in [-0.4, -0.2) is 39.2 Å². The summed E-state index contributed by atoms with van der Waals surface area (Å²) in [7, 11) is 2.24. The minimum atomic E-state index is -4.01. The molecule has 0 spiro atoms. The highest BCUT2D eigenvalue weighted by Crippen LogP contribution is 2.31. The molecule has 1 heterocycles. The Kier molecular flexibility index (Phi) is 4.39. The molecule has 0 saturated carbocycles. The second-order valence-corrected chi connectivity index (χ2v) is 7.49. The zero-order valence-electron chi connectivity index (χ0n) is 11.2. The van der Waals surface area contributed by atoms with Crippen molar-refractivity contribution in [2.24, 2.45) is 0 Å². The lowest BCUT2D eigenvalue weighted by atomic mass is 10.1. The van der Waals surface area contributed by atoms with Gasteiger partial charge in [-0.25, -0.2) is 22.0 Å². The number of amides is 1. The lowest BCUT2D eigenvalue weighted by Crippen LogP contribution is -2.28. The molecule has 0 aliphatic carbocycles. The second kappa shape index (κ2) is 5.81. The molecule has 1 aromatic rings. The third-order valence-electron chi connectivity index (χ3n) is 3.22. The van der Waals surface area contributed by atoms with E-state index in [1.807, 2.05) is 0 Å². The molecule has 6 nitrogen and oxygen atoms in total. The number of carbonyl (C=O) groups excluding carboxylic acids is 2. The van der Waals surface area contributed by atoms with Gasteiger partial charge in [0.1, 0.15) is 5.25 Å². The van der Waals surface area contributed by atoms with Crippen molar-refractivity contribution in [2.45, 2.75) is 11.7 Å². The van der Waals surface area contributed by atoms with Crippen LogP contribution in [0.15, 0.2) is 12.1 Å². The van der Waals surface area contributed by atoms with Crippen LogP contribution in [0.1, 0.15) is 16.8 Å². The predicted molar refractivity (Wildman–Crippen MR) is 73.2 cm³/mol. The molecule has 1 fully saturated rings. The fourth-order valence-corrected chi connectivity index (χ4v) is 3.16. The zero-order valence-corrected chi connectivity index (χ0v) is 12.7. The van der Waals surface area contributed by atoms with Gasteiger partial charge in [0.15, 0.2) is 11.6 Å². The maximum atomic E-state index is 13.4. The van der Waals surface area contributed by atoms with Gasteiger partial charge in [0.05, 0.1) is 18.4 Å². The fourth-order valence-electron chi connectivity index (χ4n) is 2.13. The molecule has 0 radical (unpaired) electrons. The van der Waals surface area contributed by atoms with E-state index in [4.69, 9.17) is 10.7 Å². The lowest BCUT2D eigenvalue weighted by molar-refractivity contribution is -0.117. The summed E-state index contributed by atoms with van der Waals surface area (Å²) in [5.41, 5.74) is -0.652. The third-order valence-corrected chi connectivity index (χ3v) is 5.09. The summed E-state index contributed by atoms with van der Waals surface area (Å²) >= 11 is 0. The highest BCUT2D eigenvalue weighted by Gasteiger charge is 2.39. The van der Waals surface area contributed by atoms with Crippen molar-refractivity contribution < 1.29 is 31.5 Å². The molecule has 22 heavy (non-hydrogen) atoms. The molecule has 0 aromatic heterocycles. The van der Waals surface area contributed by atoms with E-state index in [0.717, 1.165) is 12.0 Å². The van der Waals surface area contributed by atoms with E-state index in [-0.39, 0.29) is 17.8 Å². The van der Waals surface area contributed by atoms with E-state index in [9.17, 15) is 26.8 Å². The Hall–Kier alpha value is -1.74. The van der Waals surface area contributed by atoms with Gasteiger partial charge in [-0.05, 0) is 6.07 Å². The van der Waals surface area contributed by atoms with Crippen molar-refractivity contribution in [2.75, 3.05) is 18.6 Å². The molecule has 0 N–H and O–H groups in total. The first-order chi connectivity index (χ1) is 10.1. The Labute approximate surface area is 129 Å². The highest BCUT2D eigenvalue weighted by molar-refractivity contribution is 8.14. The van der Waals surface area contributed by atoms with E-state index in [1.54, 1.807) is 0 Å². The van der Waals surface area contributed by atoms with Crippen LogP contribution in [0.5, 0.6) is 0 Å². The molecule has 0 bridgehead atoms. The van der Waals surface area contributed by atoms with Crippen LogP contribution >= 0.6 is 10.7 Å². The van der Waals surface area contributed by atoms with Crippen molar-refractivity contribution in [1.29, 1.82) is 0 Å². The monoisotopic (exact) mass is 353 g/mol. The van der Waals surface area contributed by atoms with Crippen LogP contribution in [0.25, 0.3) is 0 Å². The molecule has 1 saturated heterocycles. The number of nitrogens with zero attached hydrogens (tertiary/aromatic N) is 1. The molecular weight excluding hydrogens is 344 g/mol. The van der Waals surface area contributed by atoms with E-state index < -0.39 is 44.2 Å². The summed E-state index contributed by atoms with van der Waals surface area (Å²) in [5, 5.41) is -1.19. The molecule has 10 heteroatoms. The Balaban J connectivity index is 2.50. The largest absolute Gasteiger partial charge is 0.465 e.